The van der Waals surface area contributed by atoms with Crippen molar-refractivity contribution in [3.8, 4) is 5.75 Å². The molecule has 0 N–H and O–H groups in total. The third-order valence-electron chi connectivity index (χ3n) is 1.79. The van der Waals surface area contributed by atoms with E-state index in [-0.39, 0.29) is 0 Å². The second-order valence-electron chi connectivity index (χ2n) is 3.07. The zero-order valence-electron chi connectivity index (χ0n) is 7.85. The smallest absolute Gasteiger partial charge is 0.401 e. The van der Waals surface area contributed by atoms with Gasteiger partial charge in [-0.05, 0) is 31.9 Å². The maximum absolute atomic E-state index is 12.0. The molecule has 3 heteroatoms. The first-order valence-electron chi connectivity index (χ1n) is 3.96. The SMILES string of the molecule is Cc1cc(C)c(OC(=O)F)c(C)c1. The first-order valence-corrected chi connectivity index (χ1v) is 3.96. The molecular weight excluding hydrogens is 171 g/mol. The van der Waals surface area contributed by atoms with Crippen molar-refractivity contribution in [2.24, 2.45) is 0 Å². The van der Waals surface area contributed by atoms with Crippen molar-refractivity contribution in [2.45, 2.75) is 20.8 Å². The van der Waals surface area contributed by atoms with Crippen LogP contribution >= 0.6 is 0 Å². The van der Waals surface area contributed by atoms with E-state index in [1.165, 1.54) is 0 Å². The monoisotopic (exact) mass is 182 g/mol. The lowest BCUT2D eigenvalue weighted by molar-refractivity contribution is 0.175. The molecule has 13 heavy (non-hydrogen) atoms. The number of hydrogen-bond donors (Lipinski definition) is 0. The number of carbonyl (C=O) groups excluding carboxylic acids is 1. The lowest BCUT2D eigenvalue weighted by Gasteiger charge is -2.08. The Kier molecular flexibility index (Phi) is 2.66. The molecule has 0 aliphatic rings. The summed E-state index contributed by atoms with van der Waals surface area (Å²) in [6.45, 7) is 5.48. The van der Waals surface area contributed by atoms with Gasteiger partial charge in [-0.25, -0.2) is 4.79 Å². The summed E-state index contributed by atoms with van der Waals surface area (Å²) in [4.78, 5) is 10.1. The molecule has 0 fully saturated rings. The molecule has 1 aromatic rings. The summed E-state index contributed by atoms with van der Waals surface area (Å²) in [6, 6.07) is 3.68. The maximum Gasteiger partial charge on any atom is 0.500 e. The van der Waals surface area contributed by atoms with Crippen LogP contribution in [0.25, 0.3) is 0 Å². The van der Waals surface area contributed by atoms with Gasteiger partial charge in [0.15, 0.2) is 0 Å². The van der Waals surface area contributed by atoms with Crippen LogP contribution in [-0.2, 0) is 0 Å². The van der Waals surface area contributed by atoms with Gasteiger partial charge in [0.1, 0.15) is 5.75 Å². The van der Waals surface area contributed by atoms with Crippen LogP contribution in [0.3, 0.4) is 0 Å². The van der Waals surface area contributed by atoms with E-state index in [0.29, 0.717) is 5.75 Å². The first kappa shape index (κ1) is 9.71. The number of aryl methyl sites for hydroxylation is 3. The quantitative estimate of drug-likeness (QED) is 0.624. The topological polar surface area (TPSA) is 26.3 Å². The van der Waals surface area contributed by atoms with Gasteiger partial charge in [-0.2, -0.15) is 0 Å². The minimum Gasteiger partial charge on any atom is -0.401 e. The van der Waals surface area contributed by atoms with Crippen LogP contribution in [0, 0.1) is 20.8 Å². The Morgan fingerprint density at radius 2 is 1.69 bits per heavy atom. The Labute approximate surface area is 76.3 Å². The lowest BCUT2D eigenvalue weighted by atomic mass is 10.1. The minimum atomic E-state index is -1.77. The van der Waals surface area contributed by atoms with Gasteiger partial charge >= 0.3 is 6.22 Å². The molecule has 0 amide bonds. The molecule has 0 saturated carbocycles. The van der Waals surface area contributed by atoms with Crippen LogP contribution < -0.4 is 4.74 Å². The number of hydrogen-bond acceptors (Lipinski definition) is 2. The molecule has 2 nitrogen and oxygen atoms in total. The third kappa shape index (κ3) is 2.28. The normalized spacial score (nSPS) is 9.85. The van der Waals surface area contributed by atoms with E-state index in [2.05, 4.69) is 4.74 Å². The fraction of sp³-hybridized carbons (Fsp3) is 0.300. The van der Waals surface area contributed by atoms with E-state index in [9.17, 15) is 9.18 Å². The van der Waals surface area contributed by atoms with Crippen molar-refractivity contribution in [2.75, 3.05) is 0 Å². The van der Waals surface area contributed by atoms with Gasteiger partial charge in [-0.15, -0.1) is 4.39 Å². The van der Waals surface area contributed by atoms with Gasteiger partial charge in [0.2, 0.25) is 0 Å². The fourth-order valence-corrected chi connectivity index (χ4v) is 1.41. The van der Waals surface area contributed by atoms with Gasteiger partial charge in [-0.3, -0.25) is 0 Å². The molecule has 0 unspecified atom stereocenters. The largest absolute Gasteiger partial charge is 0.500 e. The highest BCUT2D eigenvalue weighted by molar-refractivity contribution is 5.64. The number of halogens is 1. The Hall–Kier alpha value is -1.38. The highest BCUT2D eigenvalue weighted by Crippen LogP contribution is 2.24. The van der Waals surface area contributed by atoms with E-state index in [4.69, 9.17) is 0 Å². The van der Waals surface area contributed by atoms with Gasteiger partial charge < -0.3 is 4.74 Å². The zero-order chi connectivity index (χ0) is 10.0. The molecule has 70 valence electrons. The molecular formula is C10H11FO2. The molecule has 0 spiro atoms. The average Bonchev–Trinajstić information content (AvgIpc) is 1.96. The van der Waals surface area contributed by atoms with E-state index in [1.54, 1.807) is 13.8 Å². The molecule has 0 saturated heterocycles. The summed E-state index contributed by atoms with van der Waals surface area (Å²) < 4.78 is 16.4. The molecule has 0 atom stereocenters. The number of rotatable bonds is 1. The molecule has 1 rings (SSSR count). The van der Waals surface area contributed by atoms with Gasteiger partial charge in [0.25, 0.3) is 0 Å². The van der Waals surface area contributed by atoms with Crippen molar-refractivity contribution >= 4 is 6.22 Å². The summed E-state index contributed by atoms with van der Waals surface area (Å²) in [7, 11) is 0. The summed E-state index contributed by atoms with van der Waals surface area (Å²) in [6.07, 6.45) is -1.77. The van der Waals surface area contributed by atoms with Crippen LogP contribution in [0.1, 0.15) is 16.7 Å². The molecule has 1 aromatic carbocycles. The second kappa shape index (κ2) is 3.56. The zero-order valence-corrected chi connectivity index (χ0v) is 7.85. The summed E-state index contributed by atoms with van der Waals surface area (Å²) in [5.74, 6) is 0.318. The molecule has 0 heterocycles. The van der Waals surface area contributed by atoms with E-state index < -0.39 is 6.22 Å². The van der Waals surface area contributed by atoms with Gasteiger partial charge in [-0.1, -0.05) is 17.7 Å². The van der Waals surface area contributed by atoms with Crippen LogP contribution in [-0.4, -0.2) is 6.22 Å². The molecule has 0 aliphatic carbocycles. The lowest BCUT2D eigenvalue weighted by Crippen LogP contribution is -2.01. The minimum absolute atomic E-state index is 0.318. The Morgan fingerprint density at radius 1 is 1.23 bits per heavy atom. The Bertz CT molecular complexity index is 322. The van der Waals surface area contributed by atoms with Gasteiger partial charge in [0, 0.05) is 0 Å². The van der Waals surface area contributed by atoms with Crippen molar-refractivity contribution in [3.63, 3.8) is 0 Å². The average molecular weight is 182 g/mol. The number of ether oxygens (including phenoxy) is 1. The highest BCUT2D eigenvalue weighted by Gasteiger charge is 2.08. The van der Waals surface area contributed by atoms with Crippen molar-refractivity contribution in [3.05, 3.63) is 28.8 Å². The van der Waals surface area contributed by atoms with E-state index >= 15 is 0 Å². The maximum atomic E-state index is 12.0. The third-order valence-corrected chi connectivity index (χ3v) is 1.79. The predicted octanol–water partition coefficient (Wildman–Crippen LogP) is 3.08. The standard InChI is InChI=1S/C10H11FO2/c1-6-4-7(2)9(8(3)5-6)13-10(11)12/h4-5H,1-3H3. The summed E-state index contributed by atoms with van der Waals surface area (Å²) in [5.41, 5.74) is 2.60. The van der Waals surface area contributed by atoms with Crippen molar-refractivity contribution in [1.29, 1.82) is 0 Å². The van der Waals surface area contributed by atoms with Crippen LogP contribution in [0.5, 0.6) is 5.75 Å². The molecule has 0 bridgehead atoms. The van der Waals surface area contributed by atoms with Crippen LogP contribution in [0.4, 0.5) is 9.18 Å². The number of carbonyl (C=O) groups is 1. The first-order chi connectivity index (χ1) is 6.00. The highest BCUT2D eigenvalue weighted by atomic mass is 19.1. The second-order valence-corrected chi connectivity index (χ2v) is 3.07. The number of benzene rings is 1. The van der Waals surface area contributed by atoms with E-state index in [0.717, 1.165) is 16.7 Å². The Morgan fingerprint density at radius 3 is 2.08 bits per heavy atom. The van der Waals surface area contributed by atoms with Crippen LogP contribution in [0.15, 0.2) is 12.1 Å². The van der Waals surface area contributed by atoms with Crippen molar-refractivity contribution < 1.29 is 13.9 Å². The molecule has 0 radical (unpaired) electrons. The molecule has 0 aliphatic heterocycles. The summed E-state index contributed by atoms with van der Waals surface area (Å²) in [5, 5.41) is 0. The Balaban J connectivity index is 3.13. The van der Waals surface area contributed by atoms with E-state index in [1.807, 2.05) is 19.1 Å². The summed E-state index contributed by atoms with van der Waals surface area (Å²) >= 11 is 0. The fourth-order valence-electron chi connectivity index (χ4n) is 1.41. The van der Waals surface area contributed by atoms with Crippen LogP contribution in [0.2, 0.25) is 0 Å². The van der Waals surface area contributed by atoms with Crippen molar-refractivity contribution in [1.82, 2.24) is 0 Å². The predicted molar refractivity (Wildman–Crippen MR) is 47.8 cm³/mol. The molecule has 0 aromatic heterocycles. The van der Waals surface area contributed by atoms with Gasteiger partial charge in [0.05, 0.1) is 0 Å².